The monoisotopic (exact) mass is 466 g/mol. The predicted octanol–water partition coefficient (Wildman–Crippen LogP) is 0.164. The van der Waals surface area contributed by atoms with Crippen LogP contribution in [0, 0.1) is 6.92 Å². The van der Waals surface area contributed by atoms with Gasteiger partial charge in [-0.1, -0.05) is 48.2 Å². The van der Waals surface area contributed by atoms with Crippen LogP contribution >= 0.6 is 11.8 Å². The smallest absolute Gasteiger partial charge is 0.317 e. The third kappa shape index (κ3) is 5.07. The Morgan fingerprint density at radius 1 is 1.39 bits per heavy atom. The van der Waals surface area contributed by atoms with Crippen molar-refractivity contribution in [3.05, 3.63) is 65.6 Å². The highest BCUT2D eigenvalue weighted by Gasteiger charge is 2.44. The maximum absolute atomic E-state index is 12.8. The number of imidazole rings is 1. The van der Waals surface area contributed by atoms with Gasteiger partial charge in [-0.2, -0.15) is 0 Å². The van der Waals surface area contributed by atoms with E-state index in [0.717, 1.165) is 25.1 Å². The van der Waals surface area contributed by atoms with Gasteiger partial charge < -0.3 is 26.8 Å². The second-order valence-electron chi connectivity index (χ2n) is 6.73. The van der Waals surface area contributed by atoms with Gasteiger partial charge in [-0.3, -0.25) is 4.79 Å². The highest BCUT2D eigenvalue weighted by molar-refractivity contribution is 8.03. The Bertz CT molecular complexity index is 799. The SMILES string of the molecule is CCn1cc[n+](CCCOC(=O)C(c2ccccc2)C2(O)CC=CS2)c1C.[Br-]. The number of esters is 1. The summed E-state index contributed by atoms with van der Waals surface area (Å²) in [5.74, 6) is 0.121. The minimum Gasteiger partial charge on any atom is -1.00 e. The standard InChI is InChI=1S/C21H27N2O3S.BrH/c1-3-22-13-14-23(17(22)2)12-8-15-26-20(24)19(18-9-5-4-6-10-18)21(25)11-7-16-27-21;/h4-7,9-10,13-14,16,19,25H,3,8,11-12,15H2,1-2H3;1H/q+1;/p-1. The summed E-state index contributed by atoms with van der Waals surface area (Å²) in [6, 6.07) is 9.40. The van der Waals surface area contributed by atoms with E-state index in [2.05, 4.69) is 35.4 Å². The van der Waals surface area contributed by atoms with Crippen LogP contribution in [0.2, 0.25) is 0 Å². The number of rotatable bonds is 8. The number of hydrogen-bond donors (Lipinski definition) is 1. The first kappa shape index (κ1) is 22.7. The van der Waals surface area contributed by atoms with Gasteiger partial charge in [0.1, 0.15) is 23.2 Å². The van der Waals surface area contributed by atoms with E-state index in [-0.39, 0.29) is 23.0 Å². The normalized spacial score (nSPS) is 19.2. The van der Waals surface area contributed by atoms with Crippen molar-refractivity contribution in [2.45, 2.75) is 50.6 Å². The van der Waals surface area contributed by atoms with Gasteiger partial charge in [0.25, 0.3) is 5.82 Å². The molecule has 1 aromatic heterocycles. The molecule has 0 radical (unpaired) electrons. The molecule has 2 unspecified atom stereocenters. The van der Waals surface area contributed by atoms with Gasteiger partial charge in [-0.05, 0) is 17.9 Å². The molecule has 152 valence electrons. The van der Waals surface area contributed by atoms with Crippen LogP contribution in [-0.2, 0) is 22.6 Å². The van der Waals surface area contributed by atoms with E-state index in [0.29, 0.717) is 13.0 Å². The average Bonchev–Trinajstić information content (AvgIpc) is 3.26. The quantitative estimate of drug-likeness (QED) is 0.342. The minimum atomic E-state index is -1.18. The zero-order valence-electron chi connectivity index (χ0n) is 16.3. The van der Waals surface area contributed by atoms with E-state index >= 15 is 0 Å². The summed E-state index contributed by atoms with van der Waals surface area (Å²) in [6.45, 7) is 6.27. The van der Waals surface area contributed by atoms with Crippen molar-refractivity contribution in [2.75, 3.05) is 6.61 Å². The van der Waals surface area contributed by atoms with Crippen LogP contribution in [0.15, 0.2) is 54.2 Å². The van der Waals surface area contributed by atoms with Crippen LogP contribution in [0.5, 0.6) is 0 Å². The largest absolute Gasteiger partial charge is 1.00 e. The number of benzene rings is 1. The molecule has 1 aliphatic heterocycles. The molecule has 2 heterocycles. The number of carbonyl (C=O) groups is 1. The van der Waals surface area contributed by atoms with Crippen molar-refractivity contribution in [3.8, 4) is 0 Å². The molecule has 28 heavy (non-hydrogen) atoms. The summed E-state index contributed by atoms with van der Waals surface area (Å²) in [5.41, 5.74) is 0.784. The Balaban J connectivity index is 0.00000280. The van der Waals surface area contributed by atoms with E-state index in [4.69, 9.17) is 4.74 Å². The lowest BCUT2D eigenvalue weighted by Crippen LogP contribution is -3.00. The minimum absolute atomic E-state index is 0. The summed E-state index contributed by atoms with van der Waals surface area (Å²) in [6.07, 6.45) is 7.18. The molecule has 2 atom stereocenters. The van der Waals surface area contributed by atoms with Crippen molar-refractivity contribution >= 4 is 17.7 Å². The molecular weight excluding hydrogens is 440 g/mol. The highest BCUT2D eigenvalue weighted by Crippen LogP contribution is 2.45. The maximum atomic E-state index is 12.8. The van der Waals surface area contributed by atoms with Gasteiger partial charge in [0, 0.05) is 19.8 Å². The Kier molecular flexibility index (Phi) is 8.34. The van der Waals surface area contributed by atoms with Gasteiger partial charge in [-0.25, -0.2) is 9.13 Å². The van der Waals surface area contributed by atoms with Crippen molar-refractivity contribution in [1.29, 1.82) is 0 Å². The third-order valence-electron chi connectivity index (χ3n) is 4.98. The van der Waals surface area contributed by atoms with E-state index in [1.807, 2.05) is 41.8 Å². The Hall–Kier alpha value is -1.57. The summed E-state index contributed by atoms with van der Waals surface area (Å²) in [4.78, 5) is 11.7. The molecule has 0 saturated heterocycles. The zero-order chi connectivity index (χ0) is 19.3. The molecule has 2 aromatic rings. The van der Waals surface area contributed by atoms with Gasteiger partial charge in [0.05, 0.1) is 19.7 Å². The van der Waals surface area contributed by atoms with Crippen molar-refractivity contribution in [1.82, 2.24) is 4.57 Å². The van der Waals surface area contributed by atoms with Crippen LogP contribution in [0.25, 0.3) is 0 Å². The van der Waals surface area contributed by atoms with E-state index < -0.39 is 10.9 Å². The molecule has 0 amide bonds. The number of aryl methyl sites for hydroxylation is 2. The molecule has 5 nitrogen and oxygen atoms in total. The van der Waals surface area contributed by atoms with Crippen molar-refractivity contribution < 1.29 is 36.2 Å². The lowest BCUT2D eigenvalue weighted by molar-refractivity contribution is -0.702. The zero-order valence-corrected chi connectivity index (χ0v) is 18.7. The Labute approximate surface area is 181 Å². The molecular formula is C21H27BrN2O3S. The van der Waals surface area contributed by atoms with E-state index in [1.165, 1.54) is 17.6 Å². The number of carbonyl (C=O) groups excluding carboxylic acids is 1. The summed E-state index contributed by atoms with van der Waals surface area (Å²) in [5, 5.41) is 12.8. The first-order valence-electron chi connectivity index (χ1n) is 9.37. The molecule has 1 N–H and O–H groups in total. The molecule has 1 aromatic carbocycles. The second-order valence-corrected chi connectivity index (χ2v) is 7.94. The van der Waals surface area contributed by atoms with Gasteiger partial charge in [0.2, 0.25) is 0 Å². The van der Waals surface area contributed by atoms with E-state index in [1.54, 1.807) is 0 Å². The predicted molar refractivity (Wildman–Crippen MR) is 106 cm³/mol. The Morgan fingerprint density at radius 2 is 2.14 bits per heavy atom. The number of ether oxygens (including phenoxy) is 1. The molecule has 3 rings (SSSR count). The van der Waals surface area contributed by atoms with Crippen LogP contribution in [0.4, 0.5) is 0 Å². The number of aromatic nitrogens is 2. The van der Waals surface area contributed by atoms with Crippen LogP contribution in [0.3, 0.4) is 0 Å². The van der Waals surface area contributed by atoms with Crippen LogP contribution in [0.1, 0.15) is 37.1 Å². The molecule has 0 saturated carbocycles. The van der Waals surface area contributed by atoms with E-state index in [9.17, 15) is 9.90 Å². The van der Waals surface area contributed by atoms with Crippen molar-refractivity contribution in [2.24, 2.45) is 0 Å². The fraction of sp³-hybridized carbons (Fsp3) is 0.429. The summed E-state index contributed by atoms with van der Waals surface area (Å²) >= 11 is 1.29. The molecule has 7 heteroatoms. The molecule has 0 aliphatic carbocycles. The van der Waals surface area contributed by atoms with Crippen LogP contribution < -0.4 is 21.5 Å². The number of aliphatic hydroxyl groups is 1. The lowest BCUT2D eigenvalue weighted by atomic mass is 9.91. The Morgan fingerprint density at radius 3 is 2.75 bits per heavy atom. The second kappa shape index (κ2) is 10.3. The molecule has 0 spiro atoms. The first-order chi connectivity index (χ1) is 13.0. The lowest BCUT2D eigenvalue weighted by Gasteiger charge is -2.30. The average molecular weight is 467 g/mol. The fourth-order valence-electron chi connectivity index (χ4n) is 3.45. The maximum Gasteiger partial charge on any atom is 0.317 e. The molecule has 0 fully saturated rings. The third-order valence-corrected chi connectivity index (χ3v) is 6.12. The van der Waals surface area contributed by atoms with Crippen LogP contribution in [-0.4, -0.2) is 27.2 Å². The van der Waals surface area contributed by atoms with Crippen molar-refractivity contribution in [3.63, 3.8) is 0 Å². The van der Waals surface area contributed by atoms with Gasteiger partial charge in [-0.15, -0.1) is 0 Å². The number of nitrogens with zero attached hydrogens (tertiary/aromatic N) is 2. The number of hydrogen-bond acceptors (Lipinski definition) is 4. The summed E-state index contributed by atoms with van der Waals surface area (Å²) in [7, 11) is 0. The molecule has 1 aliphatic rings. The van der Waals surface area contributed by atoms with Gasteiger partial charge in [0.15, 0.2) is 0 Å². The summed E-state index contributed by atoms with van der Waals surface area (Å²) < 4.78 is 9.91. The fourth-order valence-corrected chi connectivity index (χ4v) is 4.44. The first-order valence-corrected chi connectivity index (χ1v) is 10.2. The van der Waals surface area contributed by atoms with Gasteiger partial charge >= 0.3 is 5.97 Å². The molecule has 0 bridgehead atoms. The topological polar surface area (TPSA) is 55.3 Å². The number of thioether (sulfide) groups is 1. The number of halogens is 1. The highest BCUT2D eigenvalue weighted by atomic mass is 79.9.